The van der Waals surface area contributed by atoms with Gasteiger partial charge in [-0.05, 0) is 51.1 Å². The van der Waals surface area contributed by atoms with E-state index < -0.39 is 0 Å². The van der Waals surface area contributed by atoms with Crippen molar-refractivity contribution >= 4 is 17.2 Å². The molecule has 0 radical (unpaired) electrons. The van der Waals surface area contributed by atoms with Crippen molar-refractivity contribution in [1.29, 1.82) is 0 Å². The summed E-state index contributed by atoms with van der Waals surface area (Å²) in [5.74, 6) is 0.636. The second kappa shape index (κ2) is 7.80. The average Bonchev–Trinajstić information content (AvgIpc) is 3.23. The largest absolute Gasteiger partial charge is 0.473 e. The molecule has 2 aliphatic rings. The lowest BCUT2D eigenvalue weighted by Gasteiger charge is -2.38. The Morgan fingerprint density at radius 2 is 2.04 bits per heavy atom. The fourth-order valence-corrected chi connectivity index (χ4v) is 4.73. The lowest BCUT2D eigenvalue weighted by molar-refractivity contribution is 0.0469. The van der Waals surface area contributed by atoms with Crippen molar-refractivity contribution in [3.63, 3.8) is 0 Å². The third-order valence-corrected chi connectivity index (χ3v) is 6.14. The first-order valence-corrected chi connectivity index (χ1v) is 9.56. The van der Waals surface area contributed by atoms with E-state index in [0.29, 0.717) is 22.5 Å². The fraction of sp³-hybridized carbons (Fsp3) is 0.765. The van der Waals surface area contributed by atoms with Gasteiger partial charge in [-0.1, -0.05) is 11.3 Å². The lowest BCUT2D eigenvalue weighted by Crippen LogP contribution is -2.47. The first-order valence-electron chi connectivity index (χ1n) is 8.74. The highest BCUT2D eigenvalue weighted by molar-refractivity contribution is 7.15. The molecule has 3 heterocycles. The molecule has 2 saturated heterocycles. The van der Waals surface area contributed by atoms with Gasteiger partial charge < -0.3 is 19.6 Å². The Hall–Kier alpha value is -1.18. The Morgan fingerprint density at radius 1 is 1.33 bits per heavy atom. The van der Waals surface area contributed by atoms with E-state index in [1.165, 1.54) is 37.3 Å². The molecule has 0 bridgehead atoms. The van der Waals surface area contributed by atoms with Gasteiger partial charge in [-0.15, -0.1) is 0 Å². The number of rotatable bonds is 5. The molecule has 6 nitrogen and oxygen atoms in total. The van der Waals surface area contributed by atoms with Crippen molar-refractivity contribution in [1.82, 2.24) is 14.8 Å². The predicted molar refractivity (Wildman–Crippen MR) is 93.7 cm³/mol. The van der Waals surface area contributed by atoms with E-state index in [-0.39, 0.29) is 18.4 Å². The van der Waals surface area contributed by atoms with Gasteiger partial charge in [0.05, 0.1) is 12.8 Å². The van der Waals surface area contributed by atoms with E-state index in [1.54, 1.807) is 7.11 Å². The van der Waals surface area contributed by atoms with Crippen LogP contribution in [0.25, 0.3) is 0 Å². The summed E-state index contributed by atoms with van der Waals surface area (Å²) in [5.41, 5.74) is 0.726. The van der Waals surface area contributed by atoms with Gasteiger partial charge in [-0.2, -0.15) is 0 Å². The lowest BCUT2D eigenvalue weighted by atomic mass is 9.89. The van der Waals surface area contributed by atoms with Crippen molar-refractivity contribution in [2.45, 2.75) is 26.2 Å². The minimum atomic E-state index is 0.0258. The third-order valence-electron chi connectivity index (χ3n) is 5.03. The second-order valence-corrected chi connectivity index (χ2v) is 7.93. The molecule has 2 fully saturated rings. The number of nitrogens with zero attached hydrogens (tertiary/aromatic N) is 3. The first kappa shape index (κ1) is 17.6. The van der Waals surface area contributed by atoms with Gasteiger partial charge in [0.25, 0.3) is 11.1 Å². The van der Waals surface area contributed by atoms with Crippen LogP contribution in [0.1, 0.15) is 34.6 Å². The number of likely N-dealkylation sites (tertiary alicyclic amines) is 2. The van der Waals surface area contributed by atoms with Gasteiger partial charge in [0, 0.05) is 26.2 Å². The molecule has 2 atom stereocenters. The minimum absolute atomic E-state index is 0.0258. The number of hydrogen-bond donors (Lipinski definition) is 1. The molecule has 24 heavy (non-hydrogen) atoms. The van der Waals surface area contributed by atoms with E-state index >= 15 is 0 Å². The normalized spacial score (nSPS) is 25.2. The van der Waals surface area contributed by atoms with Crippen molar-refractivity contribution in [3.05, 3.63) is 10.6 Å². The number of methoxy groups -OCH3 is 1. The summed E-state index contributed by atoms with van der Waals surface area (Å²) in [5, 5.41) is 10.2. The number of aliphatic hydroxyl groups excluding tert-OH is 1. The van der Waals surface area contributed by atoms with E-state index in [4.69, 9.17) is 4.74 Å². The van der Waals surface area contributed by atoms with Gasteiger partial charge >= 0.3 is 0 Å². The highest BCUT2D eigenvalue weighted by atomic mass is 32.1. The SMILES string of the molecule is COc1nc(C)c(C(=O)N2CC(CO)CC(CN3CCCC3)C2)s1. The van der Waals surface area contributed by atoms with Crippen molar-refractivity contribution in [2.75, 3.05) is 46.4 Å². The fourth-order valence-electron chi connectivity index (χ4n) is 3.88. The number of ether oxygens (including phenoxy) is 1. The van der Waals surface area contributed by atoms with Crippen LogP contribution in [0.3, 0.4) is 0 Å². The van der Waals surface area contributed by atoms with Crippen molar-refractivity contribution < 1.29 is 14.6 Å². The van der Waals surface area contributed by atoms with Crippen LogP contribution in [0.2, 0.25) is 0 Å². The number of amides is 1. The Kier molecular flexibility index (Phi) is 5.73. The number of aromatic nitrogens is 1. The minimum Gasteiger partial charge on any atom is -0.473 e. The maximum absolute atomic E-state index is 12.9. The number of piperidine rings is 1. The standard InChI is InChI=1S/C17H27N3O3S/c1-12-15(24-17(18-12)23-2)16(22)20-9-13(7-14(10-20)11-21)8-19-5-3-4-6-19/h13-14,21H,3-11H2,1-2H3. The molecule has 3 rings (SSSR count). The van der Waals surface area contributed by atoms with Crippen LogP contribution in [0, 0.1) is 18.8 Å². The molecule has 0 aliphatic carbocycles. The van der Waals surface area contributed by atoms with Crippen LogP contribution in [0.4, 0.5) is 0 Å². The summed E-state index contributed by atoms with van der Waals surface area (Å²) in [6.07, 6.45) is 3.55. The maximum atomic E-state index is 12.9. The van der Waals surface area contributed by atoms with Crippen LogP contribution in [0.15, 0.2) is 0 Å². The van der Waals surface area contributed by atoms with E-state index in [9.17, 15) is 9.90 Å². The third kappa shape index (κ3) is 3.90. The zero-order chi connectivity index (χ0) is 17.1. The Morgan fingerprint density at radius 3 is 2.67 bits per heavy atom. The van der Waals surface area contributed by atoms with Gasteiger partial charge in [-0.3, -0.25) is 4.79 Å². The zero-order valence-electron chi connectivity index (χ0n) is 14.5. The Bertz CT molecular complexity index is 571. The van der Waals surface area contributed by atoms with Crippen LogP contribution in [-0.4, -0.2) is 72.2 Å². The van der Waals surface area contributed by atoms with E-state index in [0.717, 1.165) is 25.2 Å². The van der Waals surface area contributed by atoms with Crippen molar-refractivity contribution in [2.24, 2.45) is 11.8 Å². The quantitative estimate of drug-likeness (QED) is 0.871. The molecule has 0 spiro atoms. The molecule has 134 valence electrons. The molecule has 1 amide bonds. The monoisotopic (exact) mass is 353 g/mol. The van der Waals surface area contributed by atoms with Crippen molar-refractivity contribution in [3.8, 4) is 5.19 Å². The van der Waals surface area contributed by atoms with E-state index in [1.807, 2.05) is 11.8 Å². The molecule has 7 heteroatoms. The summed E-state index contributed by atoms with van der Waals surface area (Å²) >= 11 is 1.31. The van der Waals surface area contributed by atoms with Crippen LogP contribution in [-0.2, 0) is 0 Å². The van der Waals surface area contributed by atoms with E-state index in [2.05, 4.69) is 9.88 Å². The summed E-state index contributed by atoms with van der Waals surface area (Å²) in [6, 6.07) is 0. The summed E-state index contributed by atoms with van der Waals surface area (Å²) in [7, 11) is 1.57. The molecule has 1 aromatic rings. The number of aliphatic hydroxyl groups is 1. The first-order chi connectivity index (χ1) is 11.6. The molecular formula is C17H27N3O3S. The zero-order valence-corrected chi connectivity index (χ0v) is 15.3. The topological polar surface area (TPSA) is 65.9 Å². The highest BCUT2D eigenvalue weighted by Gasteiger charge is 2.33. The number of carbonyl (C=O) groups excluding carboxylic acids is 1. The number of carbonyl (C=O) groups is 1. The van der Waals surface area contributed by atoms with Gasteiger partial charge in [0.15, 0.2) is 0 Å². The highest BCUT2D eigenvalue weighted by Crippen LogP contribution is 2.29. The molecule has 0 saturated carbocycles. The molecule has 2 aliphatic heterocycles. The Balaban J connectivity index is 1.70. The number of hydrogen-bond acceptors (Lipinski definition) is 6. The summed E-state index contributed by atoms with van der Waals surface area (Å²) in [4.78, 5) is 22.3. The van der Waals surface area contributed by atoms with Crippen LogP contribution >= 0.6 is 11.3 Å². The smallest absolute Gasteiger partial charge is 0.273 e. The summed E-state index contributed by atoms with van der Waals surface area (Å²) in [6.45, 7) is 6.76. The second-order valence-electron chi connectivity index (χ2n) is 6.97. The van der Waals surface area contributed by atoms with Gasteiger partial charge in [0.1, 0.15) is 4.88 Å². The number of thiazole rings is 1. The average molecular weight is 353 g/mol. The van der Waals surface area contributed by atoms with Crippen LogP contribution < -0.4 is 4.74 Å². The summed E-state index contributed by atoms with van der Waals surface area (Å²) < 4.78 is 5.16. The Labute approximate surface area is 147 Å². The molecule has 2 unspecified atom stereocenters. The van der Waals surface area contributed by atoms with Gasteiger partial charge in [0.2, 0.25) is 0 Å². The molecule has 1 aromatic heterocycles. The molecule has 1 N–H and O–H groups in total. The van der Waals surface area contributed by atoms with Crippen LogP contribution in [0.5, 0.6) is 5.19 Å². The van der Waals surface area contributed by atoms with Gasteiger partial charge in [-0.25, -0.2) is 4.98 Å². The number of aryl methyl sites for hydroxylation is 1. The maximum Gasteiger partial charge on any atom is 0.273 e. The molecule has 0 aromatic carbocycles. The predicted octanol–water partition coefficient (Wildman–Crippen LogP) is 1.63. The molecular weight excluding hydrogens is 326 g/mol.